The van der Waals surface area contributed by atoms with Gasteiger partial charge in [0.05, 0.1) is 6.61 Å². The lowest BCUT2D eigenvalue weighted by atomic mass is 10.0. The SMILES string of the molecule is CCOC(=O)[C@@H]1C[C@@H](CC)C(=O)N1C(=O)OC(C)(C)C. The number of hydrogen-bond donors (Lipinski definition) is 0. The van der Waals surface area contributed by atoms with Gasteiger partial charge in [-0.25, -0.2) is 14.5 Å². The fourth-order valence-corrected chi connectivity index (χ4v) is 2.14. The Morgan fingerprint density at radius 3 is 2.35 bits per heavy atom. The van der Waals surface area contributed by atoms with Gasteiger partial charge in [0.15, 0.2) is 0 Å². The average Bonchev–Trinajstić information content (AvgIpc) is 2.64. The molecule has 0 saturated carbocycles. The van der Waals surface area contributed by atoms with Crippen molar-refractivity contribution in [2.45, 2.75) is 59.1 Å². The highest BCUT2D eigenvalue weighted by molar-refractivity contribution is 6.00. The van der Waals surface area contributed by atoms with Crippen LogP contribution in [0.25, 0.3) is 0 Å². The van der Waals surface area contributed by atoms with Crippen molar-refractivity contribution < 1.29 is 23.9 Å². The third-order valence-electron chi connectivity index (χ3n) is 3.05. The molecule has 1 saturated heterocycles. The van der Waals surface area contributed by atoms with E-state index in [4.69, 9.17) is 9.47 Å². The summed E-state index contributed by atoms with van der Waals surface area (Å²) in [7, 11) is 0. The Labute approximate surface area is 119 Å². The first-order valence-electron chi connectivity index (χ1n) is 6.94. The summed E-state index contributed by atoms with van der Waals surface area (Å²) in [6.07, 6.45) is 0.0954. The molecule has 114 valence electrons. The summed E-state index contributed by atoms with van der Waals surface area (Å²) in [4.78, 5) is 37.2. The maximum atomic E-state index is 12.2. The maximum absolute atomic E-state index is 12.2. The van der Waals surface area contributed by atoms with E-state index >= 15 is 0 Å². The lowest BCUT2D eigenvalue weighted by Crippen LogP contribution is -2.46. The van der Waals surface area contributed by atoms with Crippen molar-refractivity contribution in [3.63, 3.8) is 0 Å². The Hall–Kier alpha value is -1.59. The van der Waals surface area contributed by atoms with Crippen molar-refractivity contribution in [2.24, 2.45) is 5.92 Å². The summed E-state index contributed by atoms with van der Waals surface area (Å²) in [5, 5.41) is 0. The van der Waals surface area contributed by atoms with Crippen LogP contribution < -0.4 is 0 Å². The molecule has 0 N–H and O–H groups in total. The van der Waals surface area contributed by atoms with Gasteiger partial charge in [-0.15, -0.1) is 0 Å². The van der Waals surface area contributed by atoms with Gasteiger partial charge < -0.3 is 9.47 Å². The number of ether oxygens (including phenoxy) is 2. The number of carbonyl (C=O) groups is 3. The van der Waals surface area contributed by atoms with Crippen molar-refractivity contribution in [3.8, 4) is 0 Å². The Bertz CT molecular complexity index is 399. The molecule has 0 aromatic heterocycles. The molecule has 20 heavy (non-hydrogen) atoms. The fraction of sp³-hybridized carbons (Fsp3) is 0.786. The normalized spacial score (nSPS) is 22.9. The van der Waals surface area contributed by atoms with Gasteiger partial charge in [0.2, 0.25) is 5.91 Å². The first kappa shape index (κ1) is 16.5. The van der Waals surface area contributed by atoms with Gasteiger partial charge in [0.1, 0.15) is 11.6 Å². The topological polar surface area (TPSA) is 72.9 Å². The predicted molar refractivity (Wildman–Crippen MR) is 71.9 cm³/mol. The predicted octanol–water partition coefficient (Wildman–Crippen LogP) is 2.11. The minimum atomic E-state index is -0.873. The number of hydrogen-bond acceptors (Lipinski definition) is 5. The van der Waals surface area contributed by atoms with E-state index in [0.29, 0.717) is 12.8 Å². The molecule has 0 bridgehead atoms. The van der Waals surface area contributed by atoms with Crippen LogP contribution in [0.3, 0.4) is 0 Å². The number of carbonyl (C=O) groups excluding carboxylic acids is 3. The van der Waals surface area contributed by atoms with E-state index in [1.54, 1.807) is 27.7 Å². The van der Waals surface area contributed by atoms with E-state index in [-0.39, 0.29) is 18.4 Å². The summed E-state index contributed by atoms with van der Waals surface area (Å²) in [6.45, 7) is 8.88. The largest absolute Gasteiger partial charge is 0.464 e. The van der Waals surface area contributed by atoms with Crippen LogP contribution in [-0.2, 0) is 19.1 Å². The average molecular weight is 285 g/mol. The molecule has 6 heteroatoms. The smallest absolute Gasteiger partial charge is 0.417 e. The van der Waals surface area contributed by atoms with Crippen LogP contribution in [0.15, 0.2) is 0 Å². The molecule has 0 radical (unpaired) electrons. The van der Waals surface area contributed by atoms with Crippen molar-refractivity contribution in [2.75, 3.05) is 6.61 Å². The second-order valence-corrected chi connectivity index (χ2v) is 5.80. The van der Waals surface area contributed by atoms with E-state index < -0.39 is 23.7 Å². The maximum Gasteiger partial charge on any atom is 0.417 e. The van der Waals surface area contributed by atoms with Gasteiger partial charge in [-0.2, -0.15) is 0 Å². The number of esters is 1. The molecule has 1 aliphatic heterocycles. The van der Waals surface area contributed by atoms with Crippen molar-refractivity contribution in [3.05, 3.63) is 0 Å². The highest BCUT2D eigenvalue weighted by Crippen LogP contribution is 2.29. The molecule has 1 rings (SSSR count). The number of amides is 2. The molecule has 0 spiro atoms. The lowest BCUT2D eigenvalue weighted by Gasteiger charge is -2.26. The Morgan fingerprint density at radius 1 is 1.30 bits per heavy atom. The van der Waals surface area contributed by atoms with Crippen LogP contribution in [-0.4, -0.2) is 41.1 Å². The number of nitrogens with zero attached hydrogens (tertiary/aromatic N) is 1. The molecule has 1 fully saturated rings. The van der Waals surface area contributed by atoms with Crippen LogP contribution in [0, 0.1) is 5.92 Å². The first-order valence-corrected chi connectivity index (χ1v) is 6.94. The standard InChI is InChI=1S/C14H23NO5/c1-6-9-8-10(12(17)19-7-2)15(11(9)16)13(18)20-14(3,4)5/h9-10H,6-8H2,1-5H3/t9-,10+/m1/s1. The van der Waals surface area contributed by atoms with E-state index in [1.807, 2.05) is 6.92 Å². The fourth-order valence-electron chi connectivity index (χ4n) is 2.14. The molecule has 1 heterocycles. The minimum Gasteiger partial charge on any atom is -0.464 e. The van der Waals surface area contributed by atoms with E-state index in [0.717, 1.165) is 4.90 Å². The van der Waals surface area contributed by atoms with Crippen LogP contribution in [0.2, 0.25) is 0 Å². The molecular formula is C14H23NO5. The number of imide groups is 1. The van der Waals surface area contributed by atoms with Crippen molar-refractivity contribution in [1.82, 2.24) is 4.90 Å². The summed E-state index contributed by atoms with van der Waals surface area (Å²) < 4.78 is 10.1. The minimum absolute atomic E-state index is 0.211. The summed E-state index contributed by atoms with van der Waals surface area (Å²) in [6, 6.07) is -0.873. The summed E-state index contributed by atoms with van der Waals surface area (Å²) in [5.74, 6) is -1.25. The molecule has 6 nitrogen and oxygen atoms in total. The molecule has 2 amide bonds. The zero-order valence-electron chi connectivity index (χ0n) is 12.8. The van der Waals surface area contributed by atoms with Crippen molar-refractivity contribution >= 4 is 18.0 Å². The molecule has 0 unspecified atom stereocenters. The summed E-state index contributed by atoms with van der Waals surface area (Å²) >= 11 is 0. The zero-order valence-corrected chi connectivity index (χ0v) is 12.8. The zero-order chi connectivity index (χ0) is 15.5. The molecule has 2 atom stereocenters. The Morgan fingerprint density at radius 2 is 1.90 bits per heavy atom. The van der Waals surface area contributed by atoms with Crippen LogP contribution in [0.5, 0.6) is 0 Å². The van der Waals surface area contributed by atoms with Gasteiger partial charge in [-0.05, 0) is 40.5 Å². The van der Waals surface area contributed by atoms with Gasteiger partial charge >= 0.3 is 12.1 Å². The molecular weight excluding hydrogens is 262 g/mol. The number of likely N-dealkylation sites (tertiary alicyclic amines) is 1. The van der Waals surface area contributed by atoms with Crippen LogP contribution in [0.1, 0.15) is 47.5 Å². The lowest BCUT2D eigenvalue weighted by molar-refractivity contribution is -0.151. The third-order valence-corrected chi connectivity index (χ3v) is 3.05. The molecule has 0 aromatic rings. The van der Waals surface area contributed by atoms with Crippen molar-refractivity contribution in [1.29, 1.82) is 0 Å². The van der Waals surface area contributed by atoms with E-state index in [1.165, 1.54) is 0 Å². The van der Waals surface area contributed by atoms with Gasteiger partial charge in [-0.3, -0.25) is 4.79 Å². The van der Waals surface area contributed by atoms with Crippen LogP contribution >= 0.6 is 0 Å². The molecule has 0 aliphatic carbocycles. The highest BCUT2D eigenvalue weighted by atomic mass is 16.6. The second-order valence-electron chi connectivity index (χ2n) is 5.80. The van der Waals surface area contributed by atoms with E-state index in [2.05, 4.69) is 0 Å². The third kappa shape index (κ3) is 3.71. The van der Waals surface area contributed by atoms with Crippen LogP contribution in [0.4, 0.5) is 4.79 Å². The quantitative estimate of drug-likeness (QED) is 0.743. The van der Waals surface area contributed by atoms with Gasteiger partial charge in [0.25, 0.3) is 0 Å². The Balaban J connectivity index is 2.94. The van der Waals surface area contributed by atoms with E-state index in [9.17, 15) is 14.4 Å². The van der Waals surface area contributed by atoms with Gasteiger partial charge in [-0.1, -0.05) is 6.92 Å². The Kier molecular flexibility index (Phi) is 5.14. The number of rotatable bonds is 3. The highest BCUT2D eigenvalue weighted by Gasteiger charge is 2.48. The summed E-state index contributed by atoms with van der Waals surface area (Å²) in [5.41, 5.74) is -0.721. The van der Waals surface area contributed by atoms with Gasteiger partial charge in [0, 0.05) is 5.92 Å². The molecule has 0 aromatic carbocycles. The monoisotopic (exact) mass is 285 g/mol. The second kappa shape index (κ2) is 6.24. The first-order chi connectivity index (χ1) is 9.21. The molecule has 1 aliphatic rings.